The Kier molecular flexibility index (Phi) is 6.31. The Morgan fingerprint density at radius 1 is 1.50 bits per heavy atom. The van der Waals surface area contributed by atoms with Gasteiger partial charge in [0.25, 0.3) is 5.91 Å². The second kappa shape index (κ2) is 8.53. The van der Waals surface area contributed by atoms with Gasteiger partial charge in [0.15, 0.2) is 6.61 Å². The van der Waals surface area contributed by atoms with Crippen LogP contribution in [0, 0.1) is 0 Å². The first-order valence-corrected chi connectivity index (χ1v) is 7.86. The van der Waals surface area contributed by atoms with E-state index in [1.807, 2.05) is 17.5 Å². The second-order valence-electron chi connectivity index (χ2n) is 4.73. The molecule has 0 aromatic carbocycles. The summed E-state index contributed by atoms with van der Waals surface area (Å²) < 4.78 is 0. The monoisotopic (exact) mass is 292 g/mol. The molecule has 1 aliphatic rings. The van der Waals surface area contributed by atoms with Crippen molar-refractivity contribution in [3.8, 4) is 0 Å². The van der Waals surface area contributed by atoms with Gasteiger partial charge in [0.2, 0.25) is 0 Å². The Labute approximate surface area is 123 Å². The van der Waals surface area contributed by atoms with E-state index < -0.39 is 0 Å². The predicted molar refractivity (Wildman–Crippen MR) is 82.0 cm³/mol. The van der Waals surface area contributed by atoms with Crippen molar-refractivity contribution in [2.24, 2.45) is 5.16 Å². The molecule has 0 radical (unpaired) electrons. The maximum atomic E-state index is 11.5. The van der Waals surface area contributed by atoms with Gasteiger partial charge >= 0.3 is 0 Å². The molecule has 0 saturated heterocycles. The van der Waals surface area contributed by atoms with Crippen molar-refractivity contribution < 1.29 is 9.63 Å². The van der Waals surface area contributed by atoms with E-state index in [4.69, 9.17) is 4.84 Å². The fourth-order valence-corrected chi connectivity index (χ4v) is 2.67. The molecule has 0 saturated carbocycles. The van der Waals surface area contributed by atoms with Crippen LogP contribution in [0.25, 0.3) is 0 Å². The lowest BCUT2D eigenvalue weighted by Gasteiger charge is -2.12. The second-order valence-corrected chi connectivity index (χ2v) is 5.71. The summed E-state index contributed by atoms with van der Waals surface area (Å²) in [7, 11) is 0. The molecular weight excluding hydrogens is 272 g/mol. The minimum Gasteiger partial charge on any atom is -0.386 e. The van der Waals surface area contributed by atoms with Gasteiger partial charge in [-0.2, -0.15) is 0 Å². The van der Waals surface area contributed by atoms with Gasteiger partial charge in [0.1, 0.15) is 0 Å². The van der Waals surface area contributed by atoms with Crippen LogP contribution in [0.15, 0.2) is 34.3 Å². The summed E-state index contributed by atoms with van der Waals surface area (Å²) in [6.07, 6.45) is 9.81. The standard InChI is InChI=1S/C15H20N2O2S/c18-15(12-19-17-11-14-7-4-10-20-14)16-9-8-13-5-2-1-3-6-13/h4-5,7,10-11H,1-3,6,8-9,12H2,(H,16,18). The van der Waals surface area contributed by atoms with Crippen molar-refractivity contribution >= 4 is 23.5 Å². The van der Waals surface area contributed by atoms with Gasteiger partial charge in [-0.3, -0.25) is 4.79 Å². The van der Waals surface area contributed by atoms with Gasteiger partial charge in [-0.25, -0.2) is 0 Å². The molecule has 20 heavy (non-hydrogen) atoms. The molecule has 0 spiro atoms. The molecule has 0 bridgehead atoms. The zero-order valence-electron chi connectivity index (χ0n) is 11.5. The molecule has 1 N–H and O–H groups in total. The Balaban J connectivity index is 1.55. The molecule has 1 amide bonds. The van der Waals surface area contributed by atoms with Gasteiger partial charge in [-0.1, -0.05) is 22.9 Å². The third kappa shape index (κ3) is 5.57. The summed E-state index contributed by atoms with van der Waals surface area (Å²) in [4.78, 5) is 17.5. The highest BCUT2D eigenvalue weighted by Gasteiger charge is 2.05. The molecule has 0 aliphatic heterocycles. The minimum atomic E-state index is -0.121. The molecule has 0 atom stereocenters. The molecule has 1 aromatic rings. The van der Waals surface area contributed by atoms with Gasteiger partial charge in [-0.05, 0) is 43.6 Å². The Morgan fingerprint density at radius 3 is 3.20 bits per heavy atom. The number of carbonyl (C=O) groups excluding carboxylic acids is 1. The highest BCUT2D eigenvalue weighted by molar-refractivity contribution is 7.11. The zero-order valence-corrected chi connectivity index (χ0v) is 12.3. The maximum absolute atomic E-state index is 11.5. The van der Waals surface area contributed by atoms with Gasteiger partial charge in [-0.15, -0.1) is 11.3 Å². The van der Waals surface area contributed by atoms with E-state index in [0.29, 0.717) is 6.54 Å². The molecular formula is C15H20N2O2S. The summed E-state index contributed by atoms with van der Waals surface area (Å²) in [6.45, 7) is 0.656. The van der Waals surface area contributed by atoms with Crippen molar-refractivity contribution in [2.45, 2.75) is 32.1 Å². The lowest BCUT2D eigenvalue weighted by molar-refractivity contribution is -0.125. The van der Waals surface area contributed by atoms with E-state index in [-0.39, 0.29) is 12.5 Å². The van der Waals surface area contributed by atoms with E-state index in [1.54, 1.807) is 17.6 Å². The molecule has 1 aliphatic carbocycles. The number of hydrogen-bond acceptors (Lipinski definition) is 4. The average Bonchev–Trinajstić information content (AvgIpc) is 2.98. The molecule has 1 aromatic heterocycles. The normalized spacial score (nSPS) is 15.1. The zero-order chi connectivity index (χ0) is 14.0. The van der Waals surface area contributed by atoms with Crippen LogP contribution >= 0.6 is 11.3 Å². The molecule has 108 valence electrons. The number of nitrogens with zero attached hydrogens (tertiary/aromatic N) is 1. The highest BCUT2D eigenvalue weighted by Crippen LogP contribution is 2.19. The van der Waals surface area contributed by atoms with Gasteiger partial charge in [0.05, 0.1) is 6.21 Å². The Hall–Kier alpha value is -1.62. The molecule has 0 unspecified atom stereocenters. The third-order valence-electron chi connectivity index (χ3n) is 3.15. The first-order valence-electron chi connectivity index (χ1n) is 6.98. The Morgan fingerprint density at radius 2 is 2.45 bits per heavy atom. The molecule has 2 rings (SSSR count). The summed E-state index contributed by atoms with van der Waals surface area (Å²) in [6, 6.07) is 3.88. The predicted octanol–water partition coefficient (Wildman–Crippen LogP) is 3.11. The van der Waals surface area contributed by atoms with E-state index >= 15 is 0 Å². The lowest BCUT2D eigenvalue weighted by Crippen LogP contribution is -2.28. The number of allylic oxidation sites excluding steroid dienone is 1. The van der Waals surface area contributed by atoms with Crippen molar-refractivity contribution in [2.75, 3.05) is 13.2 Å². The van der Waals surface area contributed by atoms with Crippen LogP contribution in [-0.4, -0.2) is 25.3 Å². The number of oxime groups is 1. The summed E-state index contributed by atoms with van der Waals surface area (Å²) in [5.41, 5.74) is 1.47. The summed E-state index contributed by atoms with van der Waals surface area (Å²) in [5, 5.41) is 8.58. The maximum Gasteiger partial charge on any atom is 0.260 e. The number of amides is 1. The van der Waals surface area contributed by atoms with Crippen molar-refractivity contribution in [1.82, 2.24) is 5.32 Å². The van der Waals surface area contributed by atoms with E-state index in [1.165, 1.54) is 31.3 Å². The van der Waals surface area contributed by atoms with Crippen LogP contribution < -0.4 is 5.32 Å². The van der Waals surface area contributed by atoms with Crippen molar-refractivity contribution in [3.05, 3.63) is 34.0 Å². The van der Waals surface area contributed by atoms with Crippen LogP contribution in [0.5, 0.6) is 0 Å². The van der Waals surface area contributed by atoms with Crippen LogP contribution in [0.3, 0.4) is 0 Å². The van der Waals surface area contributed by atoms with E-state index in [2.05, 4.69) is 16.5 Å². The van der Waals surface area contributed by atoms with E-state index in [0.717, 1.165) is 11.3 Å². The third-order valence-corrected chi connectivity index (χ3v) is 3.95. The SMILES string of the molecule is O=C(CON=Cc1cccs1)NCCC1=CCCCC1. The largest absolute Gasteiger partial charge is 0.386 e. The topological polar surface area (TPSA) is 50.7 Å². The molecule has 4 nitrogen and oxygen atoms in total. The summed E-state index contributed by atoms with van der Waals surface area (Å²) >= 11 is 1.58. The lowest BCUT2D eigenvalue weighted by atomic mass is 9.97. The Bertz CT molecular complexity index is 466. The van der Waals surface area contributed by atoms with Crippen LogP contribution in [0.4, 0.5) is 0 Å². The number of carbonyl (C=O) groups is 1. The number of rotatable bonds is 7. The average molecular weight is 292 g/mol. The van der Waals surface area contributed by atoms with E-state index in [9.17, 15) is 4.79 Å². The summed E-state index contributed by atoms with van der Waals surface area (Å²) in [5.74, 6) is -0.121. The van der Waals surface area contributed by atoms with Crippen LogP contribution in [0.2, 0.25) is 0 Å². The first-order chi connectivity index (χ1) is 9.84. The first kappa shape index (κ1) is 14.8. The van der Waals surface area contributed by atoms with Gasteiger partial charge < -0.3 is 10.2 Å². The fraction of sp³-hybridized carbons (Fsp3) is 0.467. The minimum absolute atomic E-state index is 0.0269. The number of hydrogen-bond donors (Lipinski definition) is 1. The molecule has 0 fully saturated rings. The quantitative estimate of drug-likeness (QED) is 0.477. The smallest absolute Gasteiger partial charge is 0.260 e. The van der Waals surface area contributed by atoms with Crippen LogP contribution in [-0.2, 0) is 9.63 Å². The van der Waals surface area contributed by atoms with Crippen molar-refractivity contribution in [1.29, 1.82) is 0 Å². The van der Waals surface area contributed by atoms with Gasteiger partial charge in [0, 0.05) is 11.4 Å². The molecule has 5 heteroatoms. The number of thiophene rings is 1. The highest BCUT2D eigenvalue weighted by atomic mass is 32.1. The molecule has 1 heterocycles. The fourth-order valence-electron chi connectivity index (χ4n) is 2.10. The van der Waals surface area contributed by atoms with Crippen molar-refractivity contribution in [3.63, 3.8) is 0 Å². The van der Waals surface area contributed by atoms with Crippen LogP contribution in [0.1, 0.15) is 37.0 Å². The number of nitrogens with one attached hydrogen (secondary N) is 1.